The fourth-order valence-corrected chi connectivity index (χ4v) is 2.01. The number of hydrogen-bond donors (Lipinski definition) is 2. The van der Waals surface area contributed by atoms with Crippen molar-refractivity contribution >= 4 is 28.9 Å². The first-order chi connectivity index (χ1) is 8.24. The van der Waals surface area contributed by atoms with Crippen LogP contribution in [-0.2, 0) is 0 Å². The van der Waals surface area contributed by atoms with Crippen LogP contribution in [0.3, 0.4) is 0 Å². The molecule has 2 aromatic heterocycles. The van der Waals surface area contributed by atoms with Crippen molar-refractivity contribution < 1.29 is 14.4 Å². The van der Waals surface area contributed by atoms with E-state index >= 15 is 0 Å². The Balaban J connectivity index is 2.32. The van der Waals surface area contributed by atoms with Gasteiger partial charge in [0.05, 0.1) is 0 Å². The van der Waals surface area contributed by atoms with Gasteiger partial charge in [-0.15, -0.1) is 0 Å². The normalized spacial score (nSPS) is 10.9. The van der Waals surface area contributed by atoms with Gasteiger partial charge in [0.25, 0.3) is 0 Å². The Kier molecular flexibility index (Phi) is 2.32. The second kappa shape index (κ2) is 3.84. The van der Waals surface area contributed by atoms with Crippen LogP contribution in [-0.4, -0.2) is 17.2 Å². The molecular weight excluding hydrogens is 213 g/mol. The maximum atomic E-state index is 9.15. The fourth-order valence-electron chi connectivity index (χ4n) is 2.01. The average molecular weight is 224 g/mol. The van der Waals surface area contributed by atoms with Crippen molar-refractivity contribution in [1.29, 1.82) is 0 Å². The Morgan fingerprint density at radius 2 is 1.82 bits per heavy atom. The summed E-state index contributed by atoms with van der Waals surface area (Å²) in [5.41, 5.74) is 1.59. The van der Waals surface area contributed by atoms with Gasteiger partial charge in [0.2, 0.25) is 5.52 Å². The van der Waals surface area contributed by atoms with Gasteiger partial charge in [-0.2, -0.15) is 4.40 Å². The molecule has 0 spiro atoms. The third-order valence-corrected chi connectivity index (χ3v) is 2.91. The predicted octanol–water partition coefficient (Wildman–Crippen LogP) is 0.258. The average Bonchev–Trinajstić information content (AvgIpc) is 2.35. The minimum absolute atomic E-state index is 0.512. The van der Waals surface area contributed by atoms with Crippen molar-refractivity contribution in [3.05, 3.63) is 54.9 Å². The van der Waals surface area contributed by atoms with Gasteiger partial charge >= 0.3 is 7.12 Å². The molecule has 0 bridgehead atoms. The van der Waals surface area contributed by atoms with Gasteiger partial charge in [-0.1, -0.05) is 12.1 Å². The highest BCUT2D eigenvalue weighted by atomic mass is 16.4. The quantitative estimate of drug-likeness (QED) is 0.353. The molecule has 0 saturated carbocycles. The molecule has 2 N–H and O–H groups in total. The molecule has 0 aliphatic rings. The predicted molar refractivity (Wildman–Crippen MR) is 66.9 cm³/mol. The van der Waals surface area contributed by atoms with Gasteiger partial charge < -0.3 is 10.0 Å². The lowest BCUT2D eigenvalue weighted by Crippen LogP contribution is -2.29. The number of pyridine rings is 2. The van der Waals surface area contributed by atoms with Crippen LogP contribution in [0.1, 0.15) is 0 Å². The molecule has 17 heavy (non-hydrogen) atoms. The van der Waals surface area contributed by atoms with Crippen LogP contribution in [0.2, 0.25) is 0 Å². The van der Waals surface area contributed by atoms with Crippen LogP contribution in [0.4, 0.5) is 0 Å². The minimum atomic E-state index is -1.42. The summed E-state index contributed by atoms with van der Waals surface area (Å²) in [6, 6.07) is 13.4. The zero-order valence-corrected chi connectivity index (χ0v) is 9.12. The molecule has 0 aliphatic carbocycles. The summed E-state index contributed by atoms with van der Waals surface area (Å²) in [6.07, 6.45) is 4.02. The standard InChI is InChI=1S/C13H11BNO2/c16-14(17)12-5-4-10-9-15-6-2-1-3-13(15)8-11(10)7-12/h1-9,16-17H/q+1. The SMILES string of the molecule is OB(O)c1ccc2c[n+]3ccccc3cc2c1. The third-order valence-electron chi connectivity index (χ3n) is 2.91. The van der Waals surface area contributed by atoms with E-state index in [1.807, 2.05) is 47.1 Å². The fraction of sp³-hybridized carbons (Fsp3) is 0. The molecule has 3 aromatic rings. The molecule has 4 heteroatoms. The molecule has 0 atom stereocenters. The smallest absolute Gasteiger partial charge is 0.423 e. The van der Waals surface area contributed by atoms with Gasteiger partial charge in [0.1, 0.15) is 0 Å². The van der Waals surface area contributed by atoms with E-state index < -0.39 is 7.12 Å². The van der Waals surface area contributed by atoms with Crippen LogP contribution >= 0.6 is 0 Å². The number of benzene rings is 1. The third kappa shape index (κ3) is 1.77. The highest BCUT2D eigenvalue weighted by Gasteiger charge is 2.12. The summed E-state index contributed by atoms with van der Waals surface area (Å²) in [6.45, 7) is 0. The maximum absolute atomic E-state index is 9.15. The lowest BCUT2D eigenvalue weighted by molar-refractivity contribution is -0.510. The summed E-state index contributed by atoms with van der Waals surface area (Å²) in [5.74, 6) is 0. The van der Waals surface area contributed by atoms with Crippen LogP contribution in [0.5, 0.6) is 0 Å². The number of aromatic nitrogens is 1. The summed E-state index contributed by atoms with van der Waals surface area (Å²) in [5, 5.41) is 20.4. The molecular formula is C13H11BNO2+. The van der Waals surface area contributed by atoms with E-state index in [9.17, 15) is 0 Å². The molecule has 0 amide bonds. The monoisotopic (exact) mass is 224 g/mol. The summed E-state index contributed by atoms with van der Waals surface area (Å²) in [4.78, 5) is 0. The van der Waals surface area contributed by atoms with Crippen molar-refractivity contribution in [2.24, 2.45) is 0 Å². The first-order valence-electron chi connectivity index (χ1n) is 5.44. The van der Waals surface area contributed by atoms with Crippen LogP contribution in [0.15, 0.2) is 54.9 Å². The van der Waals surface area contributed by atoms with Crippen molar-refractivity contribution in [3.8, 4) is 0 Å². The molecule has 82 valence electrons. The summed E-state index contributed by atoms with van der Waals surface area (Å²) < 4.78 is 2.04. The van der Waals surface area contributed by atoms with Gasteiger partial charge in [-0.25, -0.2) is 0 Å². The van der Waals surface area contributed by atoms with Gasteiger partial charge in [-0.3, -0.25) is 0 Å². The Labute approximate surface area is 98.7 Å². The van der Waals surface area contributed by atoms with E-state index in [0.717, 1.165) is 16.3 Å². The topological polar surface area (TPSA) is 44.6 Å². The van der Waals surface area contributed by atoms with Crippen molar-refractivity contribution in [1.82, 2.24) is 0 Å². The zero-order valence-electron chi connectivity index (χ0n) is 9.12. The lowest BCUT2D eigenvalue weighted by Gasteiger charge is -2.01. The van der Waals surface area contributed by atoms with Gasteiger partial charge in [0.15, 0.2) is 12.4 Å². The van der Waals surface area contributed by atoms with Crippen molar-refractivity contribution in [2.45, 2.75) is 0 Å². The summed E-state index contributed by atoms with van der Waals surface area (Å²) in [7, 11) is -1.42. The zero-order chi connectivity index (χ0) is 11.8. The highest BCUT2D eigenvalue weighted by molar-refractivity contribution is 6.58. The molecule has 2 heterocycles. The van der Waals surface area contributed by atoms with Gasteiger partial charge in [0, 0.05) is 23.6 Å². The minimum Gasteiger partial charge on any atom is -0.423 e. The molecule has 0 fully saturated rings. The number of nitrogens with zero attached hydrogens (tertiary/aromatic N) is 1. The molecule has 1 aromatic carbocycles. The van der Waals surface area contributed by atoms with Crippen molar-refractivity contribution in [2.75, 3.05) is 0 Å². The lowest BCUT2D eigenvalue weighted by atomic mass is 9.79. The summed E-state index contributed by atoms with van der Waals surface area (Å²) >= 11 is 0. The molecule has 0 radical (unpaired) electrons. The molecule has 0 unspecified atom stereocenters. The maximum Gasteiger partial charge on any atom is 0.488 e. The molecule has 0 aliphatic heterocycles. The number of hydrogen-bond acceptors (Lipinski definition) is 2. The van der Waals surface area contributed by atoms with E-state index in [0.29, 0.717) is 5.46 Å². The Bertz CT molecular complexity index is 697. The highest BCUT2D eigenvalue weighted by Crippen LogP contribution is 2.12. The van der Waals surface area contributed by atoms with E-state index in [1.165, 1.54) is 0 Å². The van der Waals surface area contributed by atoms with Crippen LogP contribution in [0, 0.1) is 0 Å². The van der Waals surface area contributed by atoms with E-state index in [-0.39, 0.29) is 0 Å². The van der Waals surface area contributed by atoms with E-state index in [1.54, 1.807) is 12.1 Å². The van der Waals surface area contributed by atoms with Crippen molar-refractivity contribution in [3.63, 3.8) is 0 Å². The first-order valence-corrected chi connectivity index (χ1v) is 5.44. The Morgan fingerprint density at radius 1 is 0.941 bits per heavy atom. The Hall–Kier alpha value is -1.91. The largest absolute Gasteiger partial charge is 0.488 e. The van der Waals surface area contributed by atoms with E-state index in [2.05, 4.69) is 0 Å². The van der Waals surface area contributed by atoms with Crippen LogP contribution in [0.25, 0.3) is 16.3 Å². The second-order valence-corrected chi connectivity index (χ2v) is 4.07. The first kappa shape index (κ1) is 10.3. The molecule has 3 nitrogen and oxygen atoms in total. The van der Waals surface area contributed by atoms with E-state index in [4.69, 9.17) is 10.0 Å². The molecule has 3 rings (SSSR count). The van der Waals surface area contributed by atoms with Gasteiger partial charge in [-0.05, 0) is 23.0 Å². The Morgan fingerprint density at radius 3 is 2.65 bits per heavy atom. The second-order valence-electron chi connectivity index (χ2n) is 4.07. The van der Waals surface area contributed by atoms with Crippen LogP contribution < -0.4 is 9.86 Å². The number of rotatable bonds is 1. The number of fused-ring (bicyclic) bond motifs is 2. The molecule has 0 saturated heterocycles.